The quantitative estimate of drug-likeness (QED) is 0.835. The molecule has 2 aromatic rings. The van der Waals surface area contributed by atoms with Crippen molar-refractivity contribution in [1.82, 2.24) is 9.38 Å². The molecule has 18 heavy (non-hydrogen) atoms. The van der Waals surface area contributed by atoms with Gasteiger partial charge in [-0.25, -0.2) is 4.98 Å². The molecule has 0 aliphatic heterocycles. The van der Waals surface area contributed by atoms with Crippen molar-refractivity contribution in [1.29, 1.82) is 0 Å². The summed E-state index contributed by atoms with van der Waals surface area (Å²) >= 11 is 5.52. The van der Waals surface area contributed by atoms with E-state index in [-0.39, 0.29) is 0 Å². The summed E-state index contributed by atoms with van der Waals surface area (Å²) in [5, 5.41) is 3.38. The second-order valence-corrected chi connectivity index (χ2v) is 5.37. The Bertz CT molecular complexity index is 555. The summed E-state index contributed by atoms with van der Waals surface area (Å²) < 4.78 is 2.01. The number of nitrogens with one attached hydrogen (secondary N) is 1. The number of hydrogen-bond acceptors (Lipinski definition) is 2. The molecule has 0 amide bonds. The molecule has 4 heteroatoms. The second kappa shape index (κ2) is 5.06. The van der Waals surface area contributed by atoms with Crippen molar-refractivity contribution >= 4 is 28.5 Å². The third-order valence-electron chi connectivity index (χ3n) is 3.63. The highest BCUT2D eigenvalue weighted by Gasteiger charge is 2.17. The molecule has 0 unspecified atom stereocenters. The van der Waals surface area contributed by atoms with Crippen LogP contribution in [0.15, 0.2) is 30.7 Å². The lowest BCUT2D eigenvalue weighted by molar-refractivity contribution is 0.442. The SMILES string of the molecule is S=C(Nc1ccc2nccn2c1)C1CCCCC1. The summed E-state index contributed by atoms with van der Waals surface area (Å²) in [6, 6.07) is 4.04. The van der Waals surface area contributed by atoms with E-state index in [0.717, 1.165) is 16.3 Å². The van der Waals surface area contributed by atoms with Crippen molar-refractivity contribution in [2.24, 2.45) is 5.92 Å². The Morgan fingerprint density at radius 3 is 2.94 bits per heavy atom. The van der Waals surface area contributed by atoms with Crippen LogP contribution in [-0.4, -0.2) is 14.4 Å². The van der Waals surface area contributed by atoms with Crippen molar-refractivity contribution in [2.45, 2.75) is 32.1 Å². The largest absolute Gasteiger partial charge is 0.349 e. The number of thiocarbonyl (C=S) groups is 1. The van der Waals surface area contributed by atoms with Crippen molar-refractivity contribution in [3.63, 3.8) is 0 Å². The number of fused-ring (bicyclic) bond motifs is 1. The van der Waals surface area contributed by atoms with E-state index >= 15 is 0 Å². The summed E-state index contributed by atoms with van der Waals surface area (Å²) in [6.45, 7) is 0. The first kappa shape index (κ1) is 11.7. The maximum atomic E-state index is 5.52. The topological polar surface area (TPSA) is 29.3 Å². The number of anilines is 1. The van der Waals surface area contributed by atoms with Crippen molar-refractivity contribution < 1.29 is 0 Å². The van der Waals surface area contributed by atoms with E-state index in [1.807, 2.05) is 28.9 Å². The predicted molar refractivity (Wildman–Crippen MR) is 78.0 cm³/mol. The maximum absolute atomic E-state index is 5.52. The number of nitrogens with zero attached hydrogens (tertiary/aromatic N) is 2. The molecule has 0 aromatic carbocycles. The fraction of sp³-hybridized carbons (Fsp3) is 0.429. The predicted octanol–water partition coefficient (Wildman–Crippen LogP) is 3.65. The molecular formula is C14H17N3S. The van der Waals surface area contributed by atoms with Crippen LogP contribution >= 0.6 is 12.2 Å². The van der Waals surface area contributed by atoms with Crippen LogP contribution in [0, 0.1) is 5.92 Å². The Balaban J connectivity index is 1.72. The lowest BCUT2D eigenvalue weighted by atomic mass is 9.89. The number of pyridine rings is 1. The van der Waals surface area contributed by atoms with Crippen LogP contribution in [0.25, 0.3) is 5.65 Å². The molecule has 1 aliphatic rings. The summed E-state index contributed by atoms with van der Waals surface area (Å²) in [5.41, 5.74) is 2.01. The van der Waals surface area contributed by atoms with Crippen LogP contribution < -0.4 is 5.32 Å². The standard InChI is InChI=1S/C14H17N3S/c18-14(11-4-2-1-3-5-11)16-12-6-7-13-15-8-9-17(13)10-12/h6-11H,1-5H2,(H,16,18). The van der Waals surface area contributed by atoms with Crippen LogP contribution in [0.5, 0.6) is 0 Å². The molecule has 0 bridgehead atoms. The van der Waals surface area contributed by atoms with Gasteiger partial charge in [0.05, 0.1) is 10.7 Å². The summed E-state index contributed by atoms with van der Waals surface area (Å²) in [6.07, 6.45) is 12.2. The third-order valence-corrected chi connectivity index (χ3v) is 4.07. The highest BCUT2D eigenvalue weighted by molar-refractivity contribution is 7.80. The lowest BCUT2D eigenvalue weighted by Crippen LogP contribution is -2.23. The van der Waals surface area contributed by atoms with E-state index in [1.165, 1.54) is 32.1 Å². The molecule has 1 saturated carbocycles. The highest BCUT2D eigenvalue weighted by Crippen LogP contribution is 2.25. The minimum atomic E-state index is 0.562. The van der Waals surface area contributed by atoms with Crippen LogP contribution in [0.1, 0.15) is 32.1 Å². The first-order valence-corrected chi connectivity index (χ1v) is 6.97. The van der Waals surface area contributed by atoms with Gasteiger partial charge in [0.25, 0.3) is 0 Å². The molecule has 3 nitrogen and oxygen atoms in total. The van der Waals surface area contributed by atoms with Gasteiger partial charge in [0, 0.05) is 24.5 Å². The highest BCUT2D eigenvalue weighted by atomic mass is 32.1. The van der Waals surface area contributed by atoms with E-state index in [2.05, 4.69) is 10.3 Å². The van der Waals surface area contributed by atoms with Gasteiger partial charge in [-0.15, -0.1) is 0 Å². The molecule has 2 aromatic heterocycles. The second-order valence-electron chi connectivity index (χ2n) is 4.93. The summed E-state index contributed by atoms with van der Waals surface area (Å²) in [4.78, 5) is 5.23. The zero-order valence-electron chi connectivity index (χ0n) is 10.3. The van der Waals surface area contributed by atoms with E-state index < -0.39 is 0 Å². The molecule has 0 spiro atoms. The third kappa shape index (κ3) is 2.38. The van der Waals surface area contributed by atoms with E-state index in [0.29, 0.717) is 5.92 Å². The molecule has 0 atom stereocenters. The zero-order chi connectivity index (χ0) is 12.4. The van der Waals surface area contributed by atoms with Gasteiger partial charge in [0.1, 0.15) is 5.65 Å². The van der Waals surface area contributed by atoms with Crippen molar-refractivity contribution in [3.8, 4) is 0 Å². The van der Waals surface area contributed by atoms with Gasteiger partial charge in [-0.2, -0.15) is 0 Å². The minimum Gasteiger partial charge on any atom is -0.349 e. The molecule has 1 N–H and O–H groups in total. The van der Waals surface area contributed by atoms with Gasteiger partial charge >= 0.3 is 0 Å². The summed E-state index contributed by atoms with van der Waals surface area (Å²) in [5.74, 6) is 0.562. The van der Waals surface area contributed by atoms with E-state index in [4.69, 9.17) is 12.2 Å². The Kier molecular flexibility index (Phi) is 3.28. The van der Waals surface area contributed by atoms with E-state index in [1.54, 1.807) is 6.20 Å². The molecule has 1 aliphatic carbocycles. The Morgan fingerprint density at radius 1 is 1.28 bits per heavy atom. The number of hydrogen-bond donors (Lipinski definition) is 1. The Hall–Kier alpha value is -1.42. The lowest BCUT2D eigenvalue weighted by Gasteiger charge is -2.23. The number of aromatic nitrogens is 2. The van der Waals surface area contributed by atoms with Gasteiger partial charge in [0.15, 0.2) is 0 Å². The first-order valence-electron chi connectivity index (χ1n) is 6.56. The average molecular weight is 259 g/mol. The zero-order valence-corrected chi connectivity index (χ0v) is 11.1. The molecule has 3 rings (SSSR count). The Morgan fingerprint density at radius 2 is 2.11 bits per heavy atom. The van der Waals surface area contributed by atoms with Crippen LogP contribution in [0.2, 0.25) is 0 Å². The molecule has 94 valence electrons. The first-order chi connectivity index (χ1) is 8.83. The molecular weight excluding hydrogens is 242 g/mol. The maximum Gasteiger partial charge on any atom is 0.136 e. The fourth-order valence-corrected chi connectivity index (χ4v) is 2.96. The smallest absolute Gasteiger partial charge is 0.136 e. The van der Waals surface area contributed by atoms with Crippen LogP contribution in [0.3, 0.4) is 0 Å². The number of rotatable bonds is 2. The van der Waals surface area contributed by atoms with Crippen molar-refractivity contribution in [3.05, 3.63) is 30.7 Å². The number of imidazole rings is 1. The van der Waals surface area contributed by atoms with Crippen LogP contribution in [0.4, 0.5) is 5.69 Å². The van der Waals surface area contributed by atoms with Gasteiger partial charge in [-0.05, 0) is 25.0 Å². The monoisotopic (exact) mass is 259 g/mol. The van der Waals surface area contributed by atoms with Gasteiger partial charge in [0.2, 0.25) is 0 Å². The Labute approximate surface area is 112 Å². The van der Waals surface area contributed by atoms with Gasteiger partial charge in [-0.1, -0.05) is 31.5 Å². The van der Waals surface area contributed by atoms with E-state index in [9.17, 15) is 0 Å². The normalized spacial score (nSPS) is 16.9. The minimum absolute atomic E-state index is 0.562. The molecule has 0 radical (unpaired) electrons. The van der Waals surface area contributed by atoms with Crippen molar-refractivity contribution in [2.75, 3.05) is 5.32 Å². The summed E-state index contributed by atoms with van der Waals surface area (Å²) in [7, 11) is 0. The average Bonchev–Trinajstić information content (AvgIpc) is 2.87. The van der Waals surface area contributed by atoms with Gasteiger partial charge < -0.3 is 9.72 Å². The fourth-order valence-electron chi connectivity index (χ4n) is 2.60. The van der Waals surface area contributed by atoms with Crippen LogP contribution in [-0.2, 0) is 0 Å². The molecule has 0 saturated heterocycles. The molecule has 1 fully saturated rings. The molecule has 2 heterocycles. The van der Waals surface area contributed by atoms with Gasteiger partial charge in [-0.3, -0.25) is 0 Å².